The second kappa shape index (κ2) is 10.9. The van der Waals surface area contributed by atoms with Gasteiger partial charge in [-0.3, -0.25) is 4.79 Å². The van der Waals surface area contributed by atoms with Crippen molar-refractivity contribution < 1.29 is 14.3 Å². The van der Waals surface area contributed by atoms with Crippen molar-refractivity contribution >= 4 is 18.3 Å². The Morgan fingerprint density at radius 1 is 1.07 bits per heavy atom. The van der Waals surface area contributed by atoms with Gasteiger partial charge in [-0.25, -0.2) is 0 Å². The maximum atomic E-state index is 12.8. The van der Waals surface area contributed by atoms with Crippen molar-refractivity contribution in [2.75, 3.05) is 27.3 Å². The SMILES string of the molecule is COc1ccc(CC(NC(=O)C2CCNCC2)c2ccccc2)cc1OC.Cl. The number of hydrogen-bond acceptors (Lipinski definition) is 4. The number of piperidine rings is 1. The number of methoxy groups -OCH3 is 2. The molecule has 0 aromatic heterocycles. The molecule has 0 saturated carbocycles. The lowest BCUT2D eigenvalue weighted by Crippen LogP contribution is -2.40. The molecule has 3 rings (SSSR count). The molecule has 0 spiro atoms. The number of rotatable bonds is 7. The summed E-state index contributed by atoms with van der Waals surface area (Å²) in [5, 5.41) is 6.59. The second-order valence-corrected chi connectivity index (χ2v) is 6.89. The van der Waals surface area contributed by atoms with E-state index in [9.17, 15) is 4.79 Å². The third-order valence-corrected chi connectivity index (χ3v) is 5.12. The first kappa shape index (κ1) is 22.1. The number of hydrogen-bond donors (Lipinski definition) is 2. The van der Waals surface area contributed by atoms with Crippen LogP contribution in [-0.2, 0) is 11.2 Å². The summed E-state index contributed by atoms with van der Waals surface area (Å²) in [4.78, 5) is 12.8. The molecular formula is C22H29ClN2O3. The molecule has 5 nitrogen and oxygen atoms in total. The molecule has 1 aliphatic rings. The number of benzene rings is 2. The average Bonchev–Trinajstić information content (AvgIpc) is 2.74. The summed E-state index contributed by atoms with van der Waals surface area (Å²) in [6, 6.07) is 16.0. The van der Waals surface area contributed by atoms with E-state index >= 15 is 0 Å². The standard InChI is InChI=1S/C22H28N2O3.ClH/c1-26-20-9-8-16(15-21(20)27-2)14-19(17-6-4-3-5-7-17)24-22(25)18-10-12-23-13-11-18;/h3-9,15,18-19,23H,10-14H2,1-2H3,(H,24,25);1H. The molecule has 1 amide bonds. The summed E-state index contributed by atoms with van der Waals surface area (Å²) < 4.78 is 10.7. The highest BCUT2D eigenvalue weighted by atomic mass is 35.5. The molecule has 2 aromatic carbocycles. The van der Waals surface area contributed by atoms with E-state index in [1.54, 1.807) is 14.2 Å². The van der Waals surface area contributed by atoms with Gasteiger partial charge in [-0.1, -0.05) is 36.4 Å². The fourth-order valence-corrected chi connectivity index (χ4v) is 3.55. The Morgan fingerprint density at radius 3 is 2.39 bits per heavy atom. The van der Waals surface area contributed by atoms with E-state index in [1.165, 1.54) is 0 Å². The average molecular weight is 405 g/mol. The van der Waals surface area contributed by atoms with Crippen molar-refractivity contribution in [2.24, 2.45) is 5.92 Å². The minimum absolute atomic E-state index is 0. The van der Waals surface area contributed by atoms with E-state index in [0.717, 1.165) is 37.1 Å². The predicted octanol–water partition coefficient (Wildman–Crippen LogP) is 3.53. The molecule has 0 radical (unpaired) electrons. The van der Waals surface area contributed by atoms with Crippen molar-refractivity contribution in [1.29, 1.82) is 0 Å². The van der Waals surface area contributed by atoms with Crippen molar-refractivity contribution in [3.05, 3.63) is 59.7 Å². The topological polar surface area (TPSA) is 59.6 Å². The molecule has 2 aromatic rings. The van der Waals surface area contributed by atoms with Crippen LogP contribution in [0, 0.1) is 5.92 Å². The van der Waals surface area contributed by atoms with Crippen molar-refractivity contribution in [1.82, 2.24) is 10.6 Å². The van der Waals surface area contributed by atoms with Gasteiger partial charge in [0.2, 0.25) is 5.91 Å². The Labute approximate surface area is 173 Å². The molecule has 2 N–H and O–H groups in total. The van der Waals surface area contributed by atoms with Crippen LogP contribution < -0.4 is 20.1 Å². The van der Waals surface area contributed by atoms with Gasteiger partial charge in [-0.15, -0.1) is 12.4 Å². The van der Waals surface area contributed by atoms with Gasteiger partial charge in [0, 0.05) is 5.92 Å². The molecule has 1 saturated heterocycles. The van der Waals surface area contributed by atoms with Crippen LogP contribution in [0.2, 0.25) is 0 Å². The zero-order valence-electron chi connectivity index (χ0n) is 16.4. The first-order chi connectivity index (χ1) is 13.2. The van der Waals surface area contributed by atoms with Crippen LogP contribution in [0.4, 0.5) is 0 Å². The first-order valence-electron chi connectivity index (χ1n) is 9.48. The lowest BCUT2D eigenvalue weighted by Gasteiger charge is -2.26. The molecule has 1 unspecified atom stereocenters. The molecule has 0 bridgehead atoms. The molecular weight excluding hydrogens is 376 g/mol. The van der Waals surface area contributed by atoms with Crippen molar-refractivity contribution in [3.63, 3.8) is 0 Å². The van der Waals surface area contributed by atoms with E-state index in [2.05, 4.69) is 22.8 Å². The summed E-state index contributed by atoms with van der Waals surface area (Å²) in [6.45, 7) is 1.81. The predicted molar refractivity (Wildman–Crippen MR) is 113 cm³/mol. The maximum absolute atomic E-state index is 12.8. The highest BCUT2D eigenvalue weighted by Crippen LogP contribution is 2.30. The van der Waals surface area contributed by atoms with Gasteiger partial charge in [-0.2, -0.15) is 0 Å². The van der Waals surface area contributed by atoms with E-state index in [-0.39, 0.29) is 30.3 Å². The molecule has 152 valence electrons. The number of halogens is 1. The number of ether oxygens (including phenoxy) is 2. The lowest BCUT2D eigenvalue weighted by molar-refractivity contribution is -0.126. The second-order valence-electron chi connectivity index (χ2n) is 6.89. The Bertz CT molecular complexity index is 749. The van der Waals surface area contributed by atoms with Crippen LogP contribution in [0.1, 0.15) is 30.0 Å². The zero-order chi connectivity index (χ0) is 19.1. The summed E-state index contributed by atoms with van der Waals surface area (Å²) in [5.41, 5.74) is 2.20. The Balaban J connectivity index is 0.00000280. The third kappa shape index (κ3) is 5.63. The van der Waals surface area contributed by atoms with Crippen LogP contribution >= 0.6 is 12.4 Å². The van der Waals surface area contributed by atoms with Crippen molar-refractivity contribution in [2.45, 2.75) is 25.3 Å². The normalized spacial score (nSPS) is 15.2. The highest BCUT2D eigenvalue weighted by molar-refractivity contribution is 5.85. The van der Waals surface area contributed by atoms with E-state index in [1.807, 2.05) is 36.4 Å². The summed E-state index contributed by atoms with van der Waals surface area (Å²) in [5.74, 6) is 1.64. The molecule has 1 fully saturated rings. The summed E-state index contributed by atoms with van der Waals surface area (Å²) in [7, 11) is 3.26. The number of carbonyl (C=O) groups excluding carboxylic acids is 1. The smallest absolute Gasteiger partial charge is 0.223 e. The summed E-state index contributed by atoms with van der Waals surface area (Å²) >= 11 is 0. The fourth-order valence-electron chi connectivity index (χ4n) is 3.55. The quantitative estimate of drug-likeness (QED) is 0.741. The van der Waals surface area contributed by atoms with Gasteiger partial charge in [0.05, 0.1) is 20.3 Å². The van der Waals surface area contributed by atoms with E-state index in [4.69, 9.17) is 9.47 Å². The van der Waals surface area contributed by atoms with Crippen LogP contribution in [-0.4, -0.2) is 33.2 Å². The van der Waals surface area contributed by atoms with E-state index in [0.29, 0.717) is 17.9 Å². The Morgan fingerprint density at radius 2 is 1.75 bits per heavy atom. The monoisotopic (exact) mass is 404 g/mol. The van der Waals surface area contributed by atoms with Gasteiger partial charge in [-0.05, 0) is 55.6 Å². The Hall–Kier alpha value is -2.24. The maximum Gasteiger partial charge on any atom is 0.223 e. The van der Waals surface area contributed by atoms with Gasteiger partial charge in [0.1, 0.15) is 0 Å². The largest absolute Gasteiger partial charge is 0.493 e. The molecule has 1 atom stereocenters. The van der Waals surface area contributed by atoms with Crippen molar-refractivity contribution in [3.8, 4) is 11.5 Å². The molecule has 28 heavy (non-hydrogen) atoms. The van der Waals surface area contributed by atoms with Crippen LogP contribution in [0.25, 0.3) is 0 Å². The number of carbonyl (C=O) groups is 1. The minimum Gasteiger partial charge on any atom is -0.493 e. The van der Waals surface area contributed by atoms with Crippen LogP contribution in [0.3, 0.4) is 0 Å². The summed E-state index contributed by atoms with van der Waals surface area (Å²) in [6.07, 6.45) is 2.48. The van der Waals surface area contributed by atoms with Gasteiger partial charge in [0.15, 0.2) is 11.5 Å². The molecule has 1 heterocycles. The highest BCUT2D eigenvalue weighted by Gasteiger charge is 2.24. The van der Waals surface area contributed by atoms with Gasteiger partial charge in [0.25, 0.3) is 0 Å². The minimum atomic E-state index is -0.0771. The molecule has 1 aliphatic heterocycles. The molecule has 6 heteroatoms. The zero-order valence-corrected chi connectivity index (χ0v) is 17.3. The number of nitrogens with one attached hydrogen (secondary N) is 2. The first-order valence-corrected chi connectivity index (χ1v) is 9.48. The lowest BCUT2D eigenvalue weighted by atomic mass is 9.94. The van der Waals surface area contributed by atoms with Crippen LogP contribution in [0.15, 0.2) is 48.5 Å². The van der Waals surface area contributed by atoms with Crippen LogP contribution in [0.5, 0.6) is 11.5 Å². The van der Waals surface area contributed by atoms with Gasteiger partial charge >= 0.3 is 0 Å². The molecule has 0 aliphatic carbocycles. The van der Waals surface area contributed by atoms with Gasteiger partial charge < -0.3 is 20.1 Å². The van der Waals surface area contributed by atoms with E-state index < -0.39 is 0 Å². The number of amides is 1. The fraction of sp³-hybridized carbons (Fsp3) is 0.409. The Kier molecular flexibility index (Phi) is 8.61. The third-order valence-electron chi connectivity index (χ3n) is 5.12.